The third-order valence-corrected chi connectivity index (χ3v) is 6.99. The molecule has 2 unspecified atom stereocenters. The first kappa shape index (κ1) is 17.2. The maximum atomic E-state index is 13.0. The highest BCUT2D eigenvalue weighted by Gasteiger charge is 2.38. The number of fused-ring (bicyclic) bond motifs is 3. The maximum absolute atomic E-state index is 13.0. The molecule has 144 valence electrons. The van der Waals surface area contributed by atoms with Gasteiger partial charge in [-0.15, -0.1) is 5.10 Å². The largest absolute Gasteiger partial charge is 0.372 e. The molecule has 27 heavy (non-hydrogen) atoms. The Morgan fingerprint density at radius 1 is 1.11 bits per heavy atom. The zero-order valence-corrected chi connectivity index (χ0v) is 16.2. The lowest BCUT2D eigenvalue weighted by atomic mass is 9.82. The van der Waals surface area contributed by atoms with Crippen molar-refractivity contribution in [3.63, 3.8) is 0 Å². The van der Waals surface area contributed by atoms with Gasteiger partial charge >= 0.3 is 0 Å². The van der Waals surface area contributed by atoms with Crippen molar-refractivity contribution in [2.75, 3.05) is 20.1 Å². The van der Waals surface area contributed by atoms with Gasteiger partial charge in [-0.1, -0.05) is 12.5 Å². The average molecular weight is 367 g/mol. The molecule has 1 aliphatic carbocycles. The van der Waals surface area contributed by atoms with Crippen LogP contribution < -0.4 is 5.32 Å². The molecule has 2 atom stereocenters. The highest BCUT2D eigenvalue weighted by atomic mass is 16.2. The molecule has 0 aromatic rings. The van der Waals surface area contributed by atoms with Crippen molar-refractivity contribution in [2.24, 2.45) is 10.2 Å². The summed E-state index contributed by atoms with van der Waals surface area (Å²) in [6.45, 7) is 2.22. The highest BCUT2D eigenvalue weighted by Crippen LogP contribution is 2.33. The van der Waals surface area contributed by atoms with Gasteiger partial charge in [-0.25, -0.2) is 0 Å². The lowest BCUT2D eigenvalue weighted by molar-refractivity contribution is -0.116. The lowest BCUT2D eigenvalue weighted by Crippen LogP contribution is -2.56. The molecule has 5 aliphatic rings. The van der Waals surface area contributed by atoms with E-state index in [1.807, 2.05) is 0 Å². The fourth-order valence-corrected chi connectivity index (χ4v) is 5.42. The Balaban J connectivity index is 1.27. The van der Waals surface area contributed by atoms with Crippen molar-refractivity contribution < 1.29 is 4.79 Å². The number of piperidine rings is 2. The highest BCUT2D eigenvalue weighted by molar-refractivity contribution is 6.53. The zero-order chi connectivity index (χ0) is 18.4. The summed E-state index contributed by atoms with van der Waals surface area (Å²) in [5.74, 6) is -0.0460. The second-order valence-electron chi connectivity index (χ2n) is 8.63. The van der Waals surface area contributed by atoms with E-state index in [-0.39, 0.29) is 11.9 Å². The molecule has 0 aromatic carbocycles. The van der Waals surface area contributed by atoms with E-state index >= 15 is 0 Å². The molecule has 1 amide bonds. The second kappa shape index (κ2) is 6.89. The molecule has 2 bridgehead atoms. The van der Waals surface area contributed by atoms with E-state index in [4.69, 9.17) is 0 Å². The van der Waals surface area contributed by atoms with Crippen LogP contribution in [0.5, 0.6) is 0 Å². The number of nitrogens with zero attached hydrogens (tertiary/aromatic N) is 4. The molecular formula is C21H29N5O. The average Bonchev–Trinajstić information content (AvgIpc) is 3.31. The number of rotatable bonds is 3. The Labute approximate surface area is 161 Å². The van der Waals surface area contributed by atoms with Crippen molar-refractivity contribution in [2.45, 2.75) is 69.5 Å². The van der Waals surface area contributed by atoms with E-state index in [1.54, 1.807) is 0 Å². The monoisotopic (exact) mass is 367 g/mol. The van der Waals surface area contributed by atoms with Crippen LogP contribution in [-0.4, -0.2) is 65.4 Å². The molecule has 0 radical (unpaired) electrons. The van der Waals surface area contributed by atoms with Crippen LogP contribution in [0.25, 0.3) is 0 Å². The van der Waals surface area contributed by atoms with Gasteiger partial charge in [0.2, 0.25) is 0 Å². The van der Waals surface area contributed by atoms with Crippen molar-refractivity contribution in [1.29, 1.82) is 0 Å². The summed E-state index contributed by atoms with van der Waals surface area (Å²) in [5.41, 5.74) is 3.62. The fraction of sp³-hybridized carbons (Fsp3) is 0.667. The number of hydrogen-bond acceptors (Lipinski definition) is 5. The van der Waals surface area contributed by atoms with Crippen LogP contribution in [0.2, 0.25) is 0 Å². The fourth-order valence-electron chi connectivity index (χ4n) is 5.42. The third kappa shape index (κ3) is 3.14. The van der Waals surface area contributed by atoms with Gasteiger partial charge in [0, 0.05) is 48.9 Å². The molecule has 5 rings (SSSR count). The van der Waals surface area contributed by atoms with Gasteiger partial charge in [-0.2, -0.15) is 5.10 Å². The first-order valence-corrected chi connectivity index (χ1v) is 10.5. The molecule has 4 heterocycles. The first-order chi connectivity index (χ1) is 13.2. The Kier molecular flexibility index (Phi) is 4.38. The number of likely N-dealkylation sites (tertiary alicyclic amines) is 1. The number of amides is 1. The van der Waals surface area contributed by atoms with Crippen LogP contribution in [0.4, 0.5) is 0 Å². The number of nitrogens with one attached hydrogen (secondary N) is 1. The summed E-state index contributed by atoms with van der Waals surface area (Å²) in [5, 5.41) is 11.8. The Morgan fingerprint density at radius 2 is 1.85 bits per heavy atom. The number of carbonyl (C=O) groups is 1. The molecule has 1 N–H and O–H groups in total. The van der Waals surface area contributed by atoms with Crippen LogP contribution in [0.15, 0.2) is 33.6 Å². The third-order valence-electron chi connectivity index (χ3n) is 6.99. The standard InChI is InChI=1S/C21H29N5O/c1-25-15-5-4-6-16(25)12-14(11-15)22-21(27)20-18-13-17(26-9-2-3-10-26)7-8-19(18)23-24-20/h7,13-16H,2-6,8-12H2,1H3,(H,22,27). The zero-order valence-electron chi connectivity index (χ0n) is 16.2. The normalized spacial score (nSPS) is 33.1. The predicted molar refractivity (Wildman–Crippen MR) is 107 cm³/mol. The van der Waals surface area contributed by atoms with Crippen LogP contribution in [-0.2, 0) is 4.79 Å². The van der Waals surface area contributed by atoms with E-state index in [0.717, 1.165) is 43.6 Å². The minimum absolute atomic E-state index is 0.0460. The number of carbonyl (C=O) groups excluding carboxylic acids is 1. The predicted octanol–water partition coefficient (Wildman–Crippen LogP) is 2.24. The van der Waals surface area contributed by atoms with Gasteiger partial charge in [0.1, 0.15) is 0 Å². The van der Waals surface area contributed by atoms with Crippen LogP contribution >= 0.6 is 0 Å². The Morgan fingerprint density at radius 3 is 2.59 bits per heavy atom. The summed E-state index contributed by atoms with van der Waals surface area (Å²) in [4.78, 5) is 17.9. The Bertz CT molecular complexity index is 745. The summed E-state index contributed by atoms with van der Waals surface area (Å²) < 4.78 is 0. The van der Waals surface area contributed by atoms with Crippen molar-refractivity contribution in [1.82, 2.24) is 15.1 Å². The van der Waals surface area contributed by atoms with E-state index in [0.29, 0.717) is 17.8 Å². The molecule has 0 aromatic heterocycles. The summed E-state index contributed by atoms with van der Waals surface area (Å²) in [6.07, 6.45) is 13.6. The summed E-state index contributed by atoms with van der Waals surface area (Å²) in [6, 6.07) is 1.48. The van der Waals surface area contributed by atoms with Gasteiger partial charge in [0.25, 0.3) is 5.91 Å². The second-order valence-corrected chi connectivity index (χ2v) is 8.63. The minimum atomic E-state index is -0.0460. The van der Waals surface area contributed by atoms with Crippen molar-refractivity contribution in [3.05, 3.63) is 23.4 Å². The quantitative estimate of drug-likeness (QED) is 0.832. The lowest BCUT2D eigenvalue weighted by Gasteiger charge is -2.47. The van der Waals surface area contributed by atoms with Crippen LogP contribution in [0, 0.1) is 0 Å². The molecule has 3 saturated heterocycles. The number of hydrogen-bond donors (Lipinski definition) is 1. The molecule has 6 heteroatoms. The van der Waals surface area contributed by atoms with E-state index in [9.17, 15) is 4.79 Å². The molecular weight excluding hydrogens is 338 g/mol. The van der Waals surface area contributed by atoms with Crippen LogP contribution in [0.1, 0.15) is 51.4 Å². The van der Waals surface area contributed by atoms with E-state index in [1.165, 1.54) is 37.8 Å². The summed E-state index contributed by atoms with van der Waals surface area (Å²) >= 11 is 0. The Hall–Kier alpha value is -1.95. The number of allylic oxidation sites excluding steroid dienone is 2. The molecule has 6 nitrogen and oxygen atoms in total. The van der Waals surface area contributed by atoms with E-state index < -0.39 is 0 Å². The SMILES string of the molecule is CN1C2CCCC1CC(NC(=O)C1=NN=C3CC=C(N4CCCC4)C=C31)C2. The molecule has 3 fully saturated rings. The minimum Gasteiger partial charge on any atom is -0.372 e. The van der Waals surface area contributed by atoms with Gasteiger partial charge in [0.05, 0.1) is 5.71 Å². The molecule has 0 spiro atoms. The van der Waals surface area contributed by atoms with Crippen molar-refractivity contribution >= 4 is 17.3 Å². The first-order valence-electron chi connectivity index (χ1n) is 10.5. The maximum Gasteiger partial charge on any atom is 0.272 e. The van der Waals surface area contributed by atoms with E-state index in [2.05, 4.69) is 44.5 Å². The van der Waals surface area contributed by atoms with Crippen molar-refractivity contribution in [3.8, 4) is 0 Å². The van der Waals surface area contributed by atoms with Crippen LogP contribution in [0.3, 0.4) is 0 Å². The summed E-state index contributed by atoms with van der Waals surface area (Å²) in [7, 11) is 2.24. The molecule has 4 aliphatic heterocycles. The van der Waals surface area contributed by atoms with Gasteiger partial charge < -0.3 is 15.1 Å². The van der Waals surface area contributed by atoms with Gasteiger partial charge in [-0.05, 0) is 51.6 Å². The van der Waals surface area contributed by atoms with Gasteiger partial charge in [0.15, 0.2) is 5.71 Å². The molecule has 0 saturated carbocycles. The smallest absolute Gasteiger partial charge is 0.272 e. The topological polar surface area (TPSA) is 60.3 Å². The van der Waals surface area contributed by atoms with Gasteiger partial charge in [-0.3, -0.25) is 4.79 Å².